The molecule has 1 aromatic heterocycles. The number of nitrogens with one attached hydrogen (secondary N) is 1. The molecule has 0 aliphatic rings. The van der Waals surface area contributed by atoms with Crippen LogP contribution in [-0.2, 0) is 6.54 Å². The van der Waals surface area contributed by atoms with Crippen LogP contribution in [0.4, 0.5) is 14.7 Å². The molecule has 0 aromatic carbocycles. The van der Waals surface area contributed by atoms with Gasteiger partial charge < -0.3 is 15.0 Å². The number of rotatable bonds is 5. The number of hydrogen-bond acceptors (Lipinski definition) is 3. The van der Waals surface area contributed by atoms with Gasteiger partial charge in [0.15, 0.2) is 0 Å². The van der Waals surface area contributed by atoms with Crippen molar-refractivity contribution in [1.82, 2.24) is 9.55 Å². The summed E-state index contributed by atoms with van der Waals surface area (Å²) in [7, 11) is 0. The smallest absolute Gasteiger partial charge is 0.265 e. The highest BCUT2D eigenvalue weighted by molar-refractivity contribution is 5.25. The Balaban J connectivity index is 2.45. The molecule has 80 valence electrons. The molecule has 0 fully saturated rings. The lowest BCUT2D eigenvalue weighted by atomic mass is 10.4. The molecule has 0 spiro atoms. The van der Waals surface area contributed by atoms with E-state index in [0.717, 1.165) is 0 Å². The molecule has 1 aromatic rings. The first-order chi connectivity index (χ1) is 6.65. The monoisotopic (exact) mass is 205 g/mol. The molecule has 1 rings (SSSR count). The van der Waals surface area contributed by atoms with Gasteiger partial charge in [0.05, 0.1) is 0 Å². The lowest BCUT2D eigenvalue weighted by Gasteiger charge is -2.11. The van der Waals surface area contributed by atoms with Gasteiger partial charge in [0.25, 0.3) is 6.43 Å². The number of hydrogen-bond donors (Lipinski definition) is 2. The number of nitrogens with zero attached hydrogens (tertiary/aromatic N) is 2. The Kier molecular flexibility index (Phi) is 3.82. The van der Waals surface area contributed by atoms with Crippen molar-refractivity contribution in [1.29, 1.82) is 0 Å². The SMILES string of the molecule is CCn1ccnc1NCC(O)C(F)F. The van der Waals surface area contributed by atoms with Crippen LogP contribution in [0, 0.1) is 0 Å². The van der Waals surface area contributed by atoms with Gasteiger partial charge in [0.2, 0.25) is 5.95 Å². The largest absolute Gasteiger partial charge is 0.385 e. The second-order valence-corrected chi connectivity index (χ2v) is 2.82. The summed E-state index contributed by atoms with van der Waals surface area (Å²) >= 11 is 0. The molecule has 0 bridgehead atoms. The molecule has 1 heterocycles. The van der Waals surface area contributed by atoms with Crippen LogP contribution in [0.1, 0.15) is 6.92 Å². The third-order valence-corrected chi connectivity index (χ3v) is 1.82. The number of imidazole rings is 1. The van der Waals surface area contributed by atoms with Gasteiger partial charge >= 0.3 is 0 Å². The second kappa shape index (κ2) is 4.90. The summed E-state index contributed by atoms with van der Waals surface area (Å²) in [6.45, 7) is 2.41. The maximum Gasteiger partial charge on any atom is 0.265 e. The zero-order valence-electron chi connectivity index (χ0n) is 7.82. The molecular weight excluding hydrogens is 192 g/mol. The Bertz CT molecular complexity index is 277. The minimum absolute atomic E-state index is 0.200. The Morgan fingerprint density at radius 2 is 2.36 bits per heavy atom. The van der Waals surface area contributed by atoms with Gasteiger partial charge in [0, 0.05) is 25.5 Å². The molecular formula is C8H13F2N3O. The van der Waals surface area contributed by atoms with E-state index >= 15 is 0 Å². The average Bonchev–Trinajstić information content (AvgIpc) is 2.60. The molecule has 6 heteroatoms. The topological polar surface area (TPSA) is 50.1 Å². The Morgan fingerprint density at radius 1 is 1.64 bits per heavy atom. The number of aliphatic hydroxyl groups excluding tert-OH is 1. The molecule has 0 amide bonds. The molecule has 0 aliphatic carbocycles. The van der Waals surface area contributed by atoms with E-state index < -0.39 is 12.5 Å². The summed E-state index contributed by atoms with van der Waals surface area (Å²) in [5.74, 6) is 0.493. The first kappa shape index (κ1) is 10.9. The van der Waals surface area contributed by atoms with Crippen LogP contribution >= 0.6 is 0 Å². The molecule has 2 N–H and O–H groups in total. The number of anilines is 1. The van der Waals surface area contributed by atoms with Gasteiger partial charge in [-0.1, -0.05) is 0 Å². The summed E-state index contributed by atoms with van der Waals surface area (Å²) in [6, 6.07) is 0. The minimum Gasteiger partial charge on any atom is -0.385 e. The van der Waals surface area contributed by atoms with E-state index in [4.69, 9.17) is 5.11 Å². The van der Waals surface area contributed by atoms with E-state index in [-0.39, 0.29) is 6.54 Å². The van der Waals surface area contributed by atoms with E-state index in [2.05, 4.69) is 10.3 Å². The van der Waals surface area contributed by atoms with Gasteiger partial charge in [-0.05, 0) is 6.92 Å². The lowest BCUT2D eigenvalue weighted by molar-refractivity contribution is 0.00373. The van der Waals surface area contributed by atoms with Crippen molar-refractivity contribution in [2.24, 2.45) is 0 Å². The third-order valence-electron chi connectivity index (χ3n) is 1.82. The zero-order valence-corrected chi connectivity index (χ0v) is 7.82. The zero-order chi connectivity index (χ0) is 10.6. The Hall–Kier alpha value is -1.17. The highest BCUT2D eigenvalue weighted by Gasteiger charge is 2.16. The van der Waals surface area contributed by atoms with Crippen LogP contribution in [-0.4, -0.2) is 33.7 Å². The number of halogens is 2. The van der Waals surface area contributed by atoms with Crippen molar-refractivity contribution in [2.75, 3.05) is 11.9 Å². The number of alkyl halides is 2. The van der Waals surface area contributed by atoms with Crippen molar-refractivity contribution >= 4 is 5.95 Å². The summed E-state index contributed by atoms with van der Waals surface area (Å²) in [5, 5.41) is 11.5. The van der Waals surface area contributed by atoms with Gasteiger partial charge in [-0.25, -0.2) is 13.8 Å². The van der Waals surface area contributed by atoms with Crippen LogP contribution in [0.2, 0.25) is 0 Å². The van der Waals surface area contributed by atoms with Crippen molar-refractivity contribution in [3.8, 4) is 0 Å². The summed E-state index contributed by atoms with van der Waals surface area (Å²) in [5.41, 5.74) is 0. The maximum absolute atomic E-state index is 11.9. The highest BCUT2D eigenvalue weighted by Crippen LogP contribution is 2.06. The van der Waals surface area contributed by atoms with Gasteiger partial charge in [-0.15, -0.1) is 0 Å². The molecule has 4 nitrogen and oxygen atoms in total. The van der Waals surface area contributed by atoms with E-state index in [1.54, 1.807) is 17.0 Å². The first-order valence-corrected chi connectivity index (χ1v) is 4.36. The number of aryl methyl sites for hydroxylation is 1. The van der Waals surface area contributed by atoms with Crippen LogP contribution in [0.5, 0.6) is 0 Å². The van der Waals surface area contributed by atoms with Gasteiger partial charge in [-0.3, -0.25) is 0 Å². The van der Waals surface area contributed by atoms with Crippen molar-refractivity contribution in [2.45, 2.75) is 26.0 Å². The molecule has 0 aliphatic heterocycles. The predicted octanol–water partition coefficient (Wildman–Crippen LogP) is 0.941. The van der Waals surface area contributed by atoms with Gasteiger partial charge in [0.1, 0.15) is 6.10 Å². The minimum atomic E-state index is -2.73. The molecule has 14 heavy (non-hydrogen) atoms. The van der Waals surface area contributed by atoms with Crippen LogP contribution < -0.4 is 5.32 Å². The quantitative estimate of drug-likeness (QED) is 0.752. The lowest BCUT2D eigenvalue weighted by Crippen LogP contribution is -2.27. The molecule has 1 atom stereocenters. The summed E-state index contributed by atoms with van der Waals surface area (Å²) in [6.07, 6.45) is -1.08. The van der Waals surface area contributed by atoms with Crippen molar-refractivity contribution in [3.05, 3.63) is 12.4 Å². The van der Waals surface area contributed by atoms with E-state index in [1.807, 2.05) is 6.92 Å². The normalized spacial score (nSPS) is 13.2. The third kappa shape index (κ3) is 2.66. The fraction of sp³-hybridized carbons (Fsp3) is 0.625. The van der Waals surface area contributed by atoms with E-state index in [0.29, 0.717) is 12.5 Å². The second-order valence-electron chi connectivity index (χ2n) is 2.82. The molecule has 0 saturated heterocycles. The van der Waals surface area contributed by atoms with Crippen LogP contribution in [0.15, 0.2) is 12.4 Å². The highest BCUT2D eigenvalue weighted by atomic mass is 19.3. The summed E-state index contributed by atoms with van der Waals surface area (Å²) in [4.78, 5) is 3.91. The first-order valence-electron chi connectivity index (χ1n) is 4.36. The standard InChI is InChI=1S/C8H13F2N3O/c1-2-13-4-3-11-8(13)12-5-6(14)7(9)10/h3-4,6-7,14H,2,5H2,1H3,(H,11,12). The predicted molar refractivity (Wildman–Crippen MR) is 48.4 cm³/mol. The van der Waals surface area contributed by atoms with Crippen molar-refractivity contribution in [3.63, 3.8) is 0 Å². The average molecular weight is 205 g/mol. The van der Waals surface area contributed by atoms with Crippen LogP contribution in [0.3, 0.4) is 0 Å². The van der Waals surface area contributed by atoms with Crippen LogP contribution in [0.25, 0.3) is 0 Å². The fourth-order valence-electron chi connectivity index (χ4n) is 1.02. The van der Waals surface area contributed by atoms with E-state index in [1.165, 1.54) is 0 Å². The Labute approximate surface area is 80.6 Å². The maximum atomic E-state index is 11.9. The number of aliphatic hydroxyl groups is 1. The number of aromatic nitrogens is 2. The molecule has 0 radical (unpaired) electrons. The van der Waals surface area contributed by atoms with E-state index in [9.17, 15) is 8.78 Å². The molecule has 1 unspecified atom stereocenters. The fourth-order valence-corrected chi connectivity index (χ4v) is 1.02. The van der Waals surface area contributed by atoms with Gasteiger partial charge in [-0.2, -0.15) is 0 Å². The molecule has 0 saturated carbocycles. The van der Waals surface area contributed by atoms with Crippen molar-refractivity contribution < 1.29 is 13.9 Å². The Morgan fingerprint density at radius 3 is 2.93 bits per heavy atom. The summed E-state index contributed by atoms with van der Waals surface area (Å²) < 4.78 is 25.6.